The quantitative estimate of drug-likeness (QED) is 0.165. The molecule has 10 unspecified atom stereocenters. The molecular weight excluding hydrogens is 908 g/mol. The van der Waals surface area contributed by atoms with Crippen molar-refractivity contribution in [1.29, 1.82) is 0 Å². The van der Waals surface area contributed by atoms with Crippen molar-refractivity contribution in [3.63, 3.8) is 0 Å². The van der Waals surface area contributed by atoms with Crippen LogP contribution in [0.5, 0.6) is 0 Å². The van der Waals surface area contributed by atoms with Crippen LogP contribution in [0.1, 0.15) is 111 Å². The molecule has 0 aromatic carbocycles. The Morgan fingerprint density at radius 2 is 1.42 bits per heavy atom. The number of carbonyl (C=O) groups excluding carboxylic acids is 1. The van der Waals surface area contributed by atoms with E-state index in [1.54, 1.807) is 0 Å². The Morgan fingerprint density at radius 3 is 2.17 bits per heavy atom. The smallest absolute Gasteiger partial charge is 0.135 e. The van der Waals surface area contributed by atoms with Crippen LogP contribution in [0.15, 0.2) is 36.5 Å². The molecule has 17 heteroatoms. The summed E-state index contributed by atoms with van der Waals surface area (Å²) in [7, 11) is 13.2. The summed E-state index contributed by atoms with van der Waals surface area (Å²) >= 11 is 0. The number of rotatable bonds is 9. The van der Waals surface area contributed by atoms with E-state index in [4.69, 9.17) is 37.5 Å². The maximum atomic E-state index is 14.3. The number of carbonyl (C=O) groups is 1. The fraction of sp³-hybridized carbons (Fsp3) is 0.837. The Morgan fingerprint density at radius 1 is 0.733 bits per heavy atom. The van der Waals surface area contributed by atoms with Crippen LogP contribution in [-0.2, 0) is 42.3 Å². The summed E-state index contributed by atoms with van der Waals surface area (Å²) in [6.45, 7) is 20.5. The molecule has 0 aliphatic carbocycles. The number of hydrogen-bond acceptors (Lipinski definition) is 9. The third-order valence-corrected chi connectivity index (χ3v) is 18.4. The van der Waals surface area contributed by atoms with Crippen LogP contribution in [0.3, 0.4) is 0 Å². The molecule has 24 atom stereocenters. The molecule has 7 fully saturated rings. The lowest BCUT2D eigenvalue weighted by Crippen LogP contribution is -2.61. The van der Waals surface area contributed by atoms with Gasteiger partial charge in [0.2, 0.25) is 0 Å². The van der Waals surface area contributed by atoms with E-state index < -0.39 is 15.1 Å². The van der Waals surface area contributed by atoms with Gasteiger partial charge in [-0.2, -0.15) is 0 Å². The molecular formula is C43H74O9P8. The number of ether oxygens (including phenoxy) is 6. The van der Waals surface area contributed by atoms with E-state index in [2.05, 4.69) is 85.2 Å². The number of Topliss-reactive ketones (excluding diaryl/α,β-unsaturated/α-hetero) is 1. The molecule has 0 N–H and O–H groups in total. The maximum absolute atomic E-state index is 14.3. The van der Waals surface area contributed by atoms with E-state index in [0.29, 0.717) is 31.1 Å². The second kappa shape index (κ2) is 22.9. The summed E-state index contributed by atoms with van der Waals surface area (Å²) in [4.78, 5) is 14.3. The molecule has 0 aromatic heterocycles. The Kier molecular flexibility index (Phi) is 19.0. The van der Waals surface area contributed by atoms with Crippen LogP contribution in [0, 0.1) is 23.7 Å². The Bertz CT molecular complexity index is 1510. The van der Waals surface area contributed by atoms with Gasteiger partial charge in [0.1, 0.15) is 36.3 Å². The van der Waals surface area contributed by atoms with Crippen LogP contribution in [0.2, 0.25) is 0 Å². The van der Waals surface area contributed by atoms with Crippen LogP contribution in [0.25, 0.3) is 0 Å². The molecule has 0 aromatic rings. The van der Waals surface area contributed by atoms with Gasteiger partial charge in [0.15, 0.2) is 0 Å². The highest BCUT2D eigenvalue weighted by Crippen LogP contribution is 2.60. The van der Waals surface area contributed by atoms with Crippen molar-refractivity contribution >= 4 is 73.7 Å². The zero-order chi connectivity index (χ0) is 42.8. The van der Waals surface area contributed by atoms with Gasteiger partial charge in [0.05, 0.1) is 70.0 Å². The zero-order valence-electron chi connectivity index (χ0n) is 36.1. The Hall–Kier alpha value is 2.01. The summed E-state index contributed by atoms with van der Waals surface area (Å²) in [5.41, 5.74) is 3.45. The summed E-state index contributed by atoms with van der Waals surface area (Å²) < 4.78 is 54.8. The molecule has 7 aliphatic rings. The third-order valence-electron chi connectivity index (χ3n) is 14.6. The van der Waals surface area contributed by atoms with Gasteiger partial charge in [-0.15, -0.1) is 17.2 Å². The van der Waals surface area contributed by atoms with Gasteiger partial charge in [-0.1, -0.05) is 81.8 Å². The average Bonchev–Trinajstić information content (AvgIpc) is 3.81. The summed E-state index contributed by atoms with van der Waals surface area (Å²) in [5, 5.41) is 0. The van der Waals surface area contributed by atoms with Crippen molar-refractivity contribution in [3.05, 3.63) is 36.5 Å². The predicted molar refractivity (Wildman–Crippen MR) is 265 cm³/mol. The van der Waals surface area contributed by atoms with Crippen molar-refractivity contribution in [1.82, 2.24) is 0 Å². The lowest BCUT2D eigenvalue weighted by molar-refractivity contribution is -0.251. The van der Waals surface area contributed by atoms with Crippen molar-refractivity contribution in [2.45, 2.75) is 196 Å². The first-order chi connectivity index (χ1) is 28.7. The molecule has 0 saturated carbocycles. The van der Waals surface area contributed by atoms with E-state index in [0.717, 1.165) is 83.6 Å². The molecule has 7 saturated heterocycles. The van der Waals surface area contributed by atoms with E-state index in [1.807, 2.05) is 0 Å². The maximum Gasteiger partial charge on any atom is 0.135 e. The van der Waals surface area contributed by atoms with Crippen molar-refractivity contribution in [3.8, 4) is 0 Å². The van der Waals surface area contributed by atoms with E-state index in [1.165, 1.54) is 18.2 Å². The van der Waals surface area contributed by atoms with E-state index in [9.17, 15) is 4.79 Å². The standard InChI is InChI=1S/C43H74O9P8/c1-22-7-8-29-18-25(4)33(45-29)11-9-30-17-24(3)26(5)36(46-30)21-37-32(27(6)35(48-37)15-23(2)13-14-58-53)20-28(44)19-31-10-12-34-39(47-31)43(52-60(56)57)42-41(49-34)40(51-59(54)55)38(16-22)50-42/h23-24,27,29-43,58H,1,4-5,7-21,53-57H2,2-3,6H3/t23-,24-,27-,29?,30?,31-,32?,33+,34+,35-,36-,37?,38-,39+,40+,41+,42-,43+/m1/s1. The first kappa shape index (κ1) is 49.9. The van der Waals surface area contributed by atoms with Crippen molar-refractivity contribution < 1.29 is 42.3 Å². The topological polar surface area (TPSA) is 90.9 Å². The van der Waals surface area contributed by atoms with Gasteiger partial charge in [-0.05, 0) is 112 Å². The van der Waals surface area contributed by atoms with Gasteiger partial charge < -0.3 is 37.5 Å². The molecule has 60 heavy (non-hydrogen) atoms. The van der Waals surface area contributed by atoms with Gasteiger partial charge in [0, 0.05) is 19.3 Å². The highest BCUT2D eigenvalue weighted by atomic mass is 32.4. The van der Waals surface area contributed by atoms with Crippen molar-refractivity contribution in [2.75, 3.05) is 6.16 Å². The van der Waals surface area contributed by atoms with Gasteiger partial charge >= 0.3 is 0 Å². The van der Waals surface area contributed by atoms with Crippen LogP contribution < -0.4 is 0 Å². The fourth-order valence-corrected chi connectivity index (χ4v) is 15.1. The summed E-state index contributed by atoms with van der Waals surface area (Å²) in [5.74, 6) is 1.51. The molecule has 7 rings (SSSR count). The minimum absolute atomic E-state index is 0.0326. The first-order valence-corrected chi connectivity index (χ1v) is 34.5. The van der Waals surface area contributed by atoms with E-state index >= 15 is 0 Å². The zero-order valence-corrected chi connectivity index (χ0v) is 44.6. The molecule has 0 amide bonds. The lowest BCUT2D eigenvalue weighted by atomic mass is 9.78. The second-order valence-electron chi connectivity index (χ2n) is 19.1. The highest BCUT2D eigenvalue weighted by Gasteiger charge is 2.59. The van der Waals surface area contributed by atoms with Crippen LogP contribution in [-0.4, -0.2) is 97.4 Å². The molecule has 0 radical (unpaired) electrons. The van der Waals surface area contributed by atoms with Crippen LogP contribution in [0.4, 0.5) is 0 Å². The molecule has 7 aliphatic heterocycles. The summed E-state index contributed by atoms with van der Waals surface area (Å²) in [6, 6.07) is 0. The van der Waals surface area contributed by atoms with Gasteiger partial charge in [-0.3, -0.25) is 4.79 Å². The predicted octanol–water partition coefficient (Wildman–Crippen LogP) is 11.0. The second-order valence-corrected chi connectivity index (χ2v) is 32.8. The summed E-state index contributed by atoms with van der Waals surface area (Å²) in [6.07, 6.45) is 10.5. The Balaban J connectivity index is 1.14. The number of ketones is 1. The first-order valence-electron chi connectivity index (χ1n) is 22.5. The van der Waals surface area contributed by atoms with Crippen LogP contribution >= 0.6 is 68.0 Å². The molecule has 0 spiro atoms. The number of fused-ring (bicyclic) bond motifs is 7. The van der Waals surface area contributed by atoms with Crippen molar-refractivity contribution in [2.24, 2.45) is 23.7 Å². The minimum atomic E-state index is -0.901. The fourth-order valence-electron chi connectivity index (χ4n) is 11.2. The normalized spacial score (nSPS) is 43.9. The molecule has 9 nitrogen and oxygen atoms in total. The largest absolute Gasteiger partial charge is 0.374 e. The molecule has 7 heterocycles. The highest BCUT2D eigenvalue weighted by molar-refractivity contribution is 8.41. The van der Waals surface area contributed by atoms with Gasteiger partial charge in [-0.25, -0.2) is 0 Å². The molecule has 8 bridgehead atoms. The van der Waals surface area contributed by atoms with Gasteiger partial charge in [0.25, 0.3) is 0 Å². The SMILES string of the molecule is C=C1CCC2CC(=C)[C@H](CCC3C[C@@H](C)C(=C)[C@@H](CC4O[C@H](C[C@H](C)CCPP)[C@H](C)C4CC(=O)C[C@H]4CC[C@@H]5O[C@@H]6[C@@H](O[C@H](C1)[C@@H]6OP(P)P)[C@@H](OP(P)P)[C@H]5O4)O3)O2. The monoisotopic (exact) mass is 982 g/mol. The van der Waals surface area contributed by atoms with E-state index in [-0.39, 0.29) is 103 Å². The minimum Gasteiger partial charge on any atom is -0.374 e. The Labute approximate surface area is 376 Å². The molecule has 340 valence electrons. The lowest BCUT2D eigenvalue weighted by Gasteiger charge is -2.48. The number of hydrogen-bond donors (Lipinski definition) is 0. The third kappa shape index (κ3) is 12.6. The average molecular weight is 983 g/mol.